The average molecular weight is 286 g/mol. The number of nitriles is 1. The Morgan fingerprint density at radius 1 is 1.20 bits per heavy atom. The van der Waals surface area contributed by atoms with Gasteiger partial charge in [-0.25, -0.2) is 8.42 Å². The summed E-state index contributed by atoms with van der Waals surface area (Å²) < 4.78 is 24.7. The monoisotopic (exact) mass is 286 g/mol. The fourth-order valence-corrected chi connectivity index (χ4v) is 3.29. The molecule has 0 saturated carbocycles. The summed E-state index contributed by atoms with van der Waals surface area (Å²) >= 11 is 0. The Kier molecular flexibility index (Phi) is 3.77. The fraction of sp³-hybridized carbons (Fsp3) is 0.133. The van der Waals surface area contributed by atoms with Gasteiger partial charge in [-0.05, 0) is 48.4 Å². The molecule has 4 nitrogen and oxygen atoms in total. The van der Waals surface area contributed by atoms with E-state index in [-0.39, 0.29) is 10.6 Å². The minimum Gasteiger partial charge on any atom is -0.399 e. The van der Waals surface area contributed by atoms with Gasteiger partial charge in [-0.1, -0.05) is 12.1 Å². The van der Waals surface area contributed by atoms with Crippen LogP contribution in [0.4, 0.5) is 5.69 Å². The van der Waals surface area contributed by atoms with Gasteiger partial charge >= 0.3 is 0 Å². The zero-order valence-electron chi connectivity index (χ0n) is 11.0. The van der Waals surface area contributed by atoms with Crippen molar-refractivity contribution in [3.8, 4) is 6.07 Å². The summed E-state index contributed by atoms with van der Waals surface area (Å²) in [7, 11) is -3.44. The first-order valence-electron chi connectivity index (χ1n) is 6.00. The molecule has 0 spiro atoms. The molecular formula is C15H14N2O2S. The lowest BCUT2D eigenvalue weighted by molar-refractivity contribution is 0.595. The predicted octanol–water partition coefficient (Wildman–Crippen LogP) is 2.42. The van der Waals surface area contributed by atoms with Crippen LogP contribution in [0, 0.1) is 18.3 Å². The van der Waals surface area contributed by atoms with Gasteiger partial charge in [0.15, 0.2) is 9.84 Å². The minimum absolute atomic E-state index is 0.133. The van der Waals surface area contributed by atoms with E-state index in [1.807, 2.05) is 6.07 Å². The van der Waals surface area contributed by atoms with Crippen molar-refractivity contribution in [1.29, 1.82) is 5.26 Å². The molecule has 102 valence electrons. The van der Waals surface area contributed by atoms with Crippen LogP contribution in [0.2, 0.25) is 0 Å². The van der Waals surface area contributed by atoms with E-state index >= 15 is 0 Å². The molecular weight excluding hydrogens is 272 g/mol. The van der Waals surface area contributed by atoms with E-state index in [4.69, 9.17) is 11.0 Å². The van der Waals surface area contributed by atoms with Gasteiger partial charge in [-0.2, -0.15) is 5.26 Å². The predicted molar refractivity (Wildman–Crippen MR) is 77.6 cm³/mol. The van der Waals surface area contributed by atoms with Gasteiger partial charge in [0.05, 0.1) is 22.3 Å². The van der Waals surface area contributed by atoms with Crippen LogP contribution in [0.15, 0.2) is 47.4 Å². The standard InChI is InChI=1S/C15H14N2O2S/c1-11-7-14(5-6-15(11)17)20(18,19)10-13-4-2-3-12(8-13)9-16/h2-8H,10,17H2,1H3. The summed E-state index contributed by atoms with van der Waals surface area (Å²) in [6.07, 6.45) is 0. The molecule has 0 saturated heterocycles. The number of nitrogens with two attached hydrogens (primary N) is 1. The van der Waals surface area contributed by atoms with Crippen molar-refractivity contribution < 1.29 is 8.42 Å². The van der Waals surface area contributed by atoms with Crippen LogP contribution >= 0.6 is 0 Å². The average Bonchev–Trinajstić information content (AvgIpc) is 2.41. The molecule has 0 fully saturated rings. The molecule has 0 heterocycles. The first kappa shape index (κ1) is 14.1. The van der Waals surface area contributed by atoms with E-state index in [0.717, 1.165) is 5.56 Å². The molecule has 0 bridgehead atoms. The van der Waals surface area contributed by atoms with Crippen LogP contribution in [-0.2, 0) is 15.6 Å². The second-order valence-corrected chi connectivity index (χ2v) is 6.58. The van der Waals surface area contributed by atoms with E-state index in [1.165, 1.54) is 6.07 Å². The van der Waals surface area contributed by atoms with Crippen LogP contribution in [0.3, 0.4) is 0 Å². The lowest BCUT2D eigenvalue weighted by Gasteiger charge is -2.07. The van der Waals surface area contributed by atoms with Crippen LogP contribution in [0.1, 0.15) is 16.7 Å². The molecule has 5 heteroatoms. The fourth-order valence-electron chi connectivity index (χ4n) is 1.88. The van der Waals surface area contributed by atoms with Gasteiger partial charge in [0.25, 0.3) is 0 Å². The van der Waals surface area contributed by atoms with Crippen LogP contribution in [-0.4, -0.2) is 8.42 Å². The number of benzene rings is 2. The molecule has 20 heavy (non-hydrogen) atoms. The van der Waals surface area contributed by atoms with Crippen molar-refractivity contribution in [1.82, 2.24) is 0 Å². The SMILES string of the molecule is Cc1cc(S(=O)(=O)Cc2cccc(C#N)c2)ccc1N. The Labute approximate surface area is 118 Å². The van der Waals surface area contributed by atoms with Gasteiger partial charge in [0, 0.05) is 5.69 Å². The topological polar surface area (TPSA) is 84.0 Å². The van der Waals surface area contributed by atoms with Gasteiger partial charge < -0.3 is 5.73 Å². The van der Waals surface area contributed by atoms with Gasteiger partial charge in [-0.15, -0.1) is 0 Å². The lowest BCUT2D eigenvalue weighted by Crippen LogP contribution is -2.06. The zero-order chi connectivity index (χ0) is 14.8. The second kappa shape index (κ2) is 5.35. The van der Waals surface area contributed by atoms with Gasteiger partial charge in [-0.3, -0.25) is 0 Å². The van der Waals surface area contributed by atoms with E-state index in [2.05, 4.69) is 0 Å². The Hall–Kier alpha value is -2.32. The molecule has 0 aliphatic carbocycles. The first-order chi connectivity index (χ1) is 9.42. The smallest absolute Gasteiger partial charge is 0.182 e. The molecule has 0 amide bonds. The van der Waals surface area contributed by atoms with E-state index in [9.17, 15) is 8.42 Å². The molecule has 0 unspecified atom stereocenters. The molecule has 2 rings (SSSR count). The quantitative estimate of drug-likeness (QED) is 0.878. The number of nitrogens with zero attached hydrogens (tertiary/aromatic N) is 1. The van der Waals surface area contributed by atoms with Crippen LogP contribution < -0.4 is 5.73 Å². The third-order valence-electron chi connectivity index (χ3n) is 3.01. The van der Waals surface area contributed by atoms with E-state index in [1.54, 1.807) is 43.3 Å². The van der Waals surface area contributed by atoms with Crippen LogP contribution in [0.5, 0.6) is 0 Å². The molecule has 2 aromatic rings. The van der Waals surface area contributed by atoms with Crippen molar-refractivity contribution >= 4 is 15.5 Å². The number of rotatable bonds is 3. The lowest BCUT2D eigenvalue weighted by atomic mass is 10.2. The number of anilines is 1. The van der Waals surface area contributed by atoms with Crippen molar-refractivity contribution in [2.45, 2.75) is 17.6 Å². The molecule has 0 aromatic heterocycles. The number of aryl methyl sites for hydroxylation is 1. The maximum absolute atomic E-state index is 12.3. The highest BCUT2D eigenvalue weighted by Crippen LogP contribution is 2.21. The maximum atomic E-state index is 12.3. The summed E-state index contributed by atoms with van der Waals surface area (Å²) in [5.74, 6) is -0.133. The summed E-state index contributed by atoms with van der Waals surface area (Å²) in [6, 6.07) is 13.3. The van der Waals surface area contributed by atoms with Gasteiger partial charge in [0.2, 0.25) is 0 Å². The summed E-state index contributed by atoms with van der Waals surface area (Å²) in [6.45, 7) is 1.77. The molecule has 0 radical (unpaired) electrons. The summed E-state index contributed by atoms with van der Waals surface area (Å²) in [5, 5.41) is 8.83. The molecule has 0 aliphatic rings. The second-order valence-electron chi connectivity index (χ2n) is 4.59. The maximum Gasteiger partial charge on any atom is 0.182 e. The third-order valence-corrected chi connectivity index (χ3v) is 4.70. The van der Waals surface area contributed by atoms with Crippen molar-refractivity contribution in [2.75, 3.05) is 5.73 Å². The highest BCUT2D eigenvalue weighted by Gasteiger charge is 2.16. The highest BCUT2D eigenvalue weighted by atomic mass is 32.2. The van der Waals surface area contributed by atoms with E-state index in [0.29, 0.717) is 16.8 Å². The zero-order valence-corrected chi connectivity index (χ0v) is 11.8. The van der Waals surface area contributed by atoms with Crippen molar-refractivity contribution in [2.24, 2.45) is 0 Å². The molecule has 0 aliphatic heterocycles. The number of sulfone groups is 1. The number of hydrogen-bond donors (Lipinski definition) is 1. The molecule has 2 aromatic carbocycles. The normalized spacial score (nSPS) is 11.0. The molecule has 0 atom stereocenters. The van der Waals surface area contributed by atoms with Gasteiger partial charge in [0.1, 0.15) is 0 Å². The molecule has 2 N–H and O–H groups in total. The Balaban J connectivity index is 2.35. The Morgan fingerprint density at radius 2 is 1.95 bits per heavy atom. The Morgan fingerprint density at radius 3 is 2.60 bits per heavy atom. The summed E-state index contributed by atoms with van der Waals surface area (Å²) in [5.41, 5.74) is 8.04. The third kappa shape index (κ3) is 2.98. The highest BCUT2D eigenvalue weighted by molar-refractivity contribution is 7.90. The summed E-state index contributed by atoms with van der Waals surface area (Å²) in [4.78, 5) is 0.242. The Bertz CT molecular complexity index is 790. The number of nitrogen functional groups attached to an aromatic ring is 1. The minimum atomic E-state index is -3.44. The number of hydrogen-bond acceptors (Lipinski definition) is 4. The van der Waals surface area contributed by atoms with E-state index < -0.39 is 9.84 Å². The van der Waals surface area contributed by atoms with Crippen LogP contribution in [0.25, 0.3) is 0 Å². The van der Waals surface area contributed by atoms with Crippen molar-refractivity contribution in [3.63, 3.8) is 0 Å². The van der Waals surface area contributed by atoms with Crippen molar-refractivity contribution in [3.05, 3.63) is 59.2 Å². The largest absolute Gasteiger partial charge is 0.399 e. The first-order valence-corrected chi connectivity index (χ1v) is 7.65.